The lowest BCUT2D eigenvalue weighted by atomic mass is 10.1. The summed E-state index contributed by atoms with van der Waals surface area (Å²) in [4.78, 5) is 9.05. The second kappa shape index (κ2) is 9.45. The third kappa shape index (κ3) is 4.80. The topological polar surface area (TPSA) is 103 Å². The molecule has 3 aromatic rings. The molecule has 0 fully saturated rings. The Balaban J connectivity index is 1.80. The average molecular weight is 435 g/mol. The number of benzene rings is 1. The van der Waals surface area contributed by atoms with E-state index in [1.165, 1.54) is 36.3 Å². The van der Waals surface area contributed by atoms with Crippen LogP contribution < -0.4 is 4.74 Å². The highest BCUT2D eigenvalue weighted by Gasteiger charge is 2.12. The summed E-state index contributed by atoms with van der Waals surface area (Å²) in [5, 5.41) is 31.9. The summed E-state index contributed by atoms with van der Waals surface area (Å²) in [7, 11) is 1.47. The Bertz CT molecular complexity index is 1200. The molecule has 30 heavy (non-hydrogen) atoms. The molecule has 0 bridgehead atoms. The Morgan fingerprint density at radius 2 is 2.07 bits per heavy atom. The van der Waals surface area contributed by atoms with Crippen molar-refractivity contribution in [3.8, 4) is 23.6 Å². The summed E-state index contributed by atoms with van der Waals surface area (Å²) >= 11 is 2.84. The van der Waals surface area contributed by atoms with Crippen LogP contribution in [0.5, 0.6) is 11.5 Å². The number of aromatic nitrogens is 2. The van der Waals surface area contributed by atoms with E-state index < -0.39 is 0 Å². The van der Waals surface area contributed by atoms with E-state index in [0.29, 0.717) is 32.7 Å². The van der Waals surface area contributed by atoms with E-state index in [2.05, 4.69) is 22.1 Å². The van der Waals surface area contributed by atoms with Crippen LogP contribution in [0.25, 0.3) is 11.6 Å². The van der Waals surface area contributed by atoms with Gasteiger partial charge in [-0.2, -0.15) is 10.5 Å². The predicted octanol–water partition coefficient (Wildman–Crippen LogP) is 5.10. The predicted molar refractivity (Wildman–Crippen MR) is 118 cm³/mol. The smallest absolute Gasteiger partial charge is 0.161 e. The number of methoxy groups -OCH3 is 1. The Labute approximate surface area is 183 Å². The Hall–Kier alpha value is -3.33. The molecular formula is C22H18N4O2S2. The zero-order chi connectivity index (χ0) is 21.7. The van der Waals surface area contributed by atoms with Gasteiger partial charge in [0, 0.05) is 16.8 Å². The Morgan fingerprint density at radius 3 is 2.77 bits per heavy atom. The number of thioether (sulfide) groups is 1. The molecule has 1 N–H and O–H groups in total. The molecule has 0 aliphatic rings. The van der Waals surface area contributed by atoms with Crippen molar-refractivity contribution in [3.05, 3.63) is 62.7 Å². The van der Waals surface area contributed by atoms with Gasteiger partial charge < -0.3 is 9.84 Å². The number of nitriles is 2. The molecule has 2 heterocycles. The minimum Gasteiger partial charge on any atom is -0.504 e. The number of hydrogen-bond acceptors (Lipinski definition) is 8. The van der Waals surface area contributed by atoms with Crippen LogP contribution in [0, 0.1) is 36.5 Å². The second-order valence-corrected chi connectivity index (χ2v) is 8.23. The van der Waals surface area contributed by atoms with E-state index >= 15 is 0 Å². The number of ether oxygens (including phenoxy) is 1. The van der Waals surface area contributed by atoms with Crippen molar-refractivity contribution in [2.24, 2.45) is 0 Å². The number of pyridine rings is 1. The maximum absolute atomic E-state index is 9.72. The number of nitrogens with zero attached hydrogens (tertiary/aromatic N) is 4. The summed E-state index contributed by atoms with van der Waals surface area (Å²) in [5.74, 6) is 0.928. The van der Waals surface area contributed by atoms with Gasteiger partial charge in [0.2, 0.25) is 0 Å². The third-order valence-electron chi connectivity index (χ3n) is 4.20. The fraction of sp³-hybridized carbons (Fsp3) is 0.182. The van der Waals surface area contributed by atoms with Gasteiger partial charge in [-0.3, -0.25) is 0 Å². The fourth-order valence-corrected chi connectivity index (χ4v) is 4.66. The van der Waals surface area contributed by atoms with E-state index in [0.717, 1.165) is 22.5 Å². The molecule has 0 aliphatic heterocycles. The molecule has 0 saturated carbocycles. The number of phenols is 1. The molecule has 0 radical (unpaired) electrons. The first kappa shape index (κ1) is 21.4. The van der Waals surface area contributed by atoms with Gasteiger partial charge in [-0.1, -0.05) is 17.8 Å². The van der Waals surface area contributed by atoms with Gasteiger partial charge in [0.05, 0.1) is 23.9 Å². The van der Waals surface area contributed by atoms with E-state index in [-0.39, 0.29) is 5.75 Å². The third-order valence-corrected chi connectivity index (χ3v) is 6.13. The normalized spacial score (nSPS) is 11.0. The molecule has 0 atom stereocenters. The SMILES string of the molecule is COc1cc(/C=C(\C#N)c2nc(CSc3nc(C)cc(C)c3C#N)cs2)ccc1O. The first-order valence-electron chi connectivity index (χ1n) is 8.90. The van der Waals surface area contributed by atoms with Crippen molar-refractivity contribution in [1.82, 2.24) is 9.97 Å². The van der Waals surface area contributed by atoms with Crippen LogP contribution >= 0.6 is 23.1 Å². The van der Waals surface area contributed by atoms with Crippen LogP contribution in [0.15, 0.2) is 34.7 Å². The van der Waals surface area contributed by atoms with Gasteiger partial charge in [-0.15, -0.1) is 11.3 Å². The lowest BCUT2D eigenvalue weighted by Crippen LogP contribution is -1.95. The highest BCUT2D eigenvalue weighted by molar-refractivity contribution is 7.98. The van der Waals surface area contributed by atoms with E-state index in [9.17, 15) is 15.6 Å². The van der Waals surface area contributed by atoms with Gasteiger partial charge in [0.1, 0.15) is 22.2 Å². The molecule has 0 aliphatic carbocycles. The zero-order valence-corrected chi connectivity index (χ0v) is 18.3. The van der Waals surface area contributed by atoms with Crippen LogP contribution in [0.3, 0.4) is 0 Å². The standard InChI is InChI=1S/C22H18N4O2S2/c1-13-6-14(2)25-22(18(13)10-24)30-12-17-11-29-21(26-17)16(9-23)7-15-4-5-19(27)20(8-15)28-3/h4-8,11,27H,12H2,1-3H3/b16-7+. The largest absolute Gasteiger partial charge is 0.504 e. The first-order chi connectivity index (χ1) is 14.4. The maximum atomic E-state index is 9.72. The van der Waals surface area contributed by atoms with Crippen LogP contribution in [-0.4, -0.2) is 22.2 Å². The second-order valence-electron chi connectivity index (χ2n) is 6.41. The first-order valence-corrected chi connectivity index (χ1v) is 10.8. The molecule has 6 nitrogen and oxygen atoms in total. The van der Waals surface area contributed by atoms with E-state index in [1.54, 1.807) is 18.2 Å². The highest BCUT2D eigenvalue weighted by Crippen LogP contribution is 2.31. The maximum Gasteiger partial charge on any atom is 0.161 e. The van der Waals surface area contributed by atoms with Crippen molar-refractivity contribution < 1.29 is 9.84 Å². The molecule has 0 amide bonds. The van der Waals surface area contributed by atoms with Crippen LogP contribution in [-0.2, 0) is 5.75 Å². The van der Waals surface area contributed by atoms with E-state index in [4.69, 9.17) is 4.74 Å². The lowest BCUT2D eigenvalue weighted by Gasteiger charge is -2.06. The number of hydrogen-bond donors (Lipinski definition) is 1. The van der Waals surface area contributed by atoms with Gasteiger partial charge in [0.15, 0.2) is 11.5 Å². The number of aryl methyl sites for hydroxylation is 2. The van der Waals surface area contributed by atoms with Crippen molar-refractivity contribution in [2.45, 2.75) is 24.6 Å². The molecule has 3 rings (SSSR count). The molecule has 150 valence electrons. The van der Waals surface area contributed by atoms with Gasteiger partial charge in [-0.05, 0) is 49.2 Å². The van der Waals surface area contributed by atoms with Gasteiger partial charge in [-0.25, -0.2) is 9.97 Å². The van der Waals surface area contributed by atoms with Gasteiger partial charge in [0.25, 0.3) is 0 Å². The minimum absolute atomic E-state index is 0.0402. The summed E-state index contributed by atoms with van der Waals surface area (Å²) in [6.07, 6.45) is 1.71. The average Bonchev–Trinajstić information content (AvgIpc) is 3.20. The number of phenolic OH excluding ortho intramolecular Hbond substituents is 1. The zero-order valence-electron chi connectivity index (χ0n) is 16.6. The fourth-order valence-electron chi connectivity index (χ4n) is 2.77. The molecule has 0 unspecified atom stereocenters. The molecule has 8 heteroatoms. The van der Waals surface area contributed by atoms with Gasteiger partial charge >= 0.3 is 0 Å². The number of thiazole rings is 1. The summed E-state index contributed by atoms with van der Waals surface area (Å²) in [5.41, 5.74) is 4.32. The summed E-state index contributed by atoms with van der Waals surface area (Å²) in [6, 6.07) is 11.2. The van der Waals surface area contributed by atoms with Crippen molar-refractivity contribution >= 4 is 34.7 Å². The Kier molecular flexibility index (Phi) is 6.73. The van der Waals surface area contributed by atoms with Crippen molar-refractivity contribution in [2.75, 3.05) is 7.11 Å². The Morgan fingerprint density at radius 1 is 1.27 bits per heavy atom. The molecule has 0 spiro atoms. The quantitative estimate of drug-likeness (QED) is 0.425. The monoisotopic (exact) mass is 434 g/mol. The number of aromatic hydroxyl groups is 1. The van der Waals surface area contributed by atoms with Crippen LogP contribution in [0.2, 0.25) is 0 Å². The van der Waals surface area contributed by atoms with Crippen molar-refractivity contribution in [3.63, 3.8) is 0 Å². The summed E-state index contributed by atoms with van der Waals surface area (Å²) in [6.45, 7) is 3.81. The van der Waals surface area contributed by atoms with E-state index in [1.807, 2.05) is 25.3 Å². The number of allylic oxidation sites excluding steroid dienone is 1. The van der Waals surface area contributed by atoms with Crippen LogP contribution in [0.1, 0.15) is 33.1 Å². The molecule has 1 aromatic carbocycles. The van der Waals surface area contributed by atoms with Crippen molar-refractivity contribution in [1.29, 1.82) is 10.5 Å². The van der Waals surface area contributed by atoms with Crippen LogP contribution in [0.4, 0.5) is 0 Å². The molecule has 2 aromatic heterocycles. The summed E-state index contributed by atoms with van der Waals surface area (Å²) < 4.78 is 5.11. The highest BCUT2D eigenvalue weighted by atomic mass is 32.2. The molecular weight excluding hydrogens is 416 g/mol. The molecule has 0 saturated heterocycles. The lowest BCUT2D eigenvalue weighted by molar-refractivity contribution is 0.373. The number of rotatable bonds is 6. The minimum atomic E-state index is 0.0402.